The molecule has 1 aromatic carbocycles. The van der Waals surface area contributed by atoms with E-state index < -0.39 is 5.41 Å². The highest BCUT2D eigenvalue weighted by Gasteiger charge is 2.45. The lowest BCUT2D eigenvalue weighted by atomic mass is 9.72. The molecule has 2 N–H and O–H groups in total. The average Bonchev–Trinajstić information content (AvgIpc) is 2.86. The Morgan fingerprint density at radius 2 is 2.19 bits per heavy atom. The summed E-state index contributed by atoms with van der Waals surface area (Å²) < 4.78 is 11.3. The normalized spacial score (nSPS) is 19.8. The molecule has 1 heterocycles. The Hall–Kier alpha value is -1.55. The maximum Gasteiger partial charge on any atom is 0.313 e. The van der Waals surface area contributed by atoms with Gasteiger partial charge < -0.3 is 15.2 Å². The van der Waals surface area contributed by atoms with Crippen molar-refractivity contribution < 1.29 is 14.3 Å². The van der Waals surface area contributed by atoms with E-state index in [9.17, 15) is 4.79 Å². The summed E-state index contributed by atoms with van der Waals surface area (Å²) in [6, 6.07) is 8.01. The lowest BCUT2D eigenvalue weighted by Gasteiger charge is -2.35. The number of hydrogen-bond acceptors (Lipinski definition) is 4. The van der Waals surface area contributed by atoms with Crippen LogP contribution in [0.25, 0.3) is 0 Å². The number of esters is 1. The molecule has 0 fully saturated rings. The van der Waals surface area contributed by atoms with Crippen LogP contribution in [0.1, 0.15) is 32.8 Å². The van der Waals surface area contributed by atoms with Crippen molar-refractivity contribution in [2.24, 2.45) is 17.1 Å². The van der Waals surface area contributed by atoms with Gasteiger partial charge in [-0.3, -0.25) is 4.79 Å². The molecule has 0 spiro atoms. The van der Waals surface area contributed by atoms with E-state index in [2.05, 4.69) is 6.07 Å². The monoisotopic (exact) mass is 291 g/mol. The molecule has 4 nitrogen and oxygen atoms in total. The van der Waals surface area contributed by atoms with Crippen molar-refractivity contribution in [2.45, 2.75) is 39.7 Å². The molecule has 0 aromatic heterocycles. The third-order valence-corrected chi connectivity index (χ3v) is 4.46. The van der Waals surface area contributed by atoms with E-state index in [1.54, 1.807) is 0 Å². The molecule has 0 saturated carbocycles. The lowest BCUT2D eigenvalue weighted by Crippen LogP contribution is -2.47. The van der Waals surface area contributed by atoms with Crippen molar-refractivity contribution in [2.75, 3.05) is 13.2 Å². The predicted octanol–water partition coefficient (Wildman–Crippen LogP) is 2.54. The molecule has 0 radical (unpaired) electrons. The molecule has 21 heavy (non-hydrogen) atoms. The van der Waals surface area contributed by atoms with Gasteiger partial charge in [0.15, 0.2) is 0 Å². The van der Waals surface area contributed by atoms with Gasteiger partial charge in [-0.05, 0) is 24.5 Å². The van der Waals surface area contributed by atoms with Gasteiger partial charge in [0.2, 0.25) is 0 Å². The van der Waals surface area contributed by atoms with Crippen LogP contribution in [-0.4, -0.2) is 25.2 Å². The Labute approximate surface area is 126 Å². The molecule has 2 atom stereocenters. The molecule has 0 amide bonds. The Morgan fingerprint density at radius 3 is 2.76 bits per heavy atom. The van der Waals surface area contributed by atoms with Gasteiger partial charge in [0, 0.05) is 19.4 Å². The van der Waals surface area contributed by atoms with Gasteiger partial charge in [-0.25, -0.2) is 0 Å². The van der Waals surface area contributed by atoms with E-state index in [0.29, 0.717) is 13.0 Å². The molecule has 1 aliphatic rings. The van der Waals surface area contributed by atoms with Gasteiger partial charge in [-0.1, -0.05) is 32.0 Å². The minimum absolute atomic E-state index is 0.0160. The number of carbonyl (C=O) groups excluding carboxylic acids is 1. The third-order valence-electron chi connectivity index (χ3n) is 4.46. The first kappa shape index (κ1) is 15.8. The summed E-state index contributed by atoms with van der Waals surface area (Å²) in [6.45, 7) is 6.51. The zero-order chi connectivity index (χ0) is 15.5. The van der Waals surface area contributed by atoms with Crippen molar-refractivity contribution in [1.82, 2.24) is 0 Å². The summed E-state index contributed by atoms with van der Waals surface area (Å²) in [5, 5.41) is 0. The van der Waals surface area contributed by atoms with Crippen molar-refractivity contribution in [3.8, 4) is 5.75 Å². The molecule has 4 heteroatoms. The highest BCUT2D eigenvalue weighted by molar-refractivity contribution is 5.77. The second-order valence-electron chi connectivity index (χ2n) is 5.99. The second-order valence-corrected chi connectivity index (χ2v) is 5.99. The summed E-state index contributed by atoms with van der Waals surface area (Å²) in [7, 11) is 0. The maximum absolute atomic E-state index is 12.4. The molecule has 0 bridgehead atoms. The van der Waals surface area contributed by atoms with E-state index in [4.69, 9.17) is 15.2 Å². The van der Waals surface area contributed by atoms with E-state index in [0.717, 1.165) is 12.2 Å². The Morgan fingerprint density at radius 1 is 1.48 bits per heavy atom. The van der Waals surface area contributed by atoms with Gasteiger partial charge in [0.25, 0.3) is 0 Å². The van der Waals surface area contributed by atoms with Gasteiger partial charge in [-0.15, -0.1) is 0 Å². The highest BCUT2D eigenvalue weighted by Crippen LogP contribution is 2.39. The maximum atomic E-state index is 12.4. The van der Waals surface area contributed by atoms with Crippen LogP contribution in [0, 0.1) is 11.3 Å². The van der Waals surface area contributed by atoms with Crippen LogP contribution in [0.2, 0.25) is 0 Å². The fraction of sp³-hybridized carbons (Fsp3) is 0.588. The van der Waals surface area contributed by atoms with Gasteiger partial charge in [-0.2, -0.15) is 0 Å². The van der Waals surface area contributed by atoms with Crippen LogP contribution in [0.3, 0.4) is 0 Å². The number of rotatable bonds is 6. The first-order chi connectivity index (χ1) is 10.0. The SMILES string of the molecule is CCOC(=O)C(CN)(CC1Cc2ccccc2O1)C(C)C. The number of hydrogen-bond donors (Lipinski definition) is 1. The second kappa shape index (κ2) is 6.48. The number of para-hydroxylation sites is 1. The zero-order valence-electron chi connectivity index (χ0n) is 13.1. The number of carbonyl (C=O) groups is 1. The summed E-state index contributed by atoms with van der Waals surface area (Å²) in [5.41, 5.74) is 6.48. The van der Waals surface area contributed by atoms with Crippen molar-refractivity contribution in [3.05, 3.63) is 29.8 Å². The van der Waals surface area contributed by atoms with Crippen LogP contribution in [0.4, 0.5) is 0 Å². The van der Waals surface area contributed by atoms with Crippen LogP contribution in [-0.2, 0) is 16.0 Å². The first-order valence-electron chi connectivity index (χ1n) is 7.65. The van der Waals surface area contributed by atoms with Crippen LogP contribution < -0.4 is 10.5 Å². The summed E-state index contributed by atoms with van der Waals surface area (Å²) in [6.07, 6.45) is 1.40. The zero-order valence-corrected chi connectivity index (χ0v) is 13.1. The smallest absolute Gasteiger partial charge is 0.313 e. The predicted molar refractivity (Wildman–Crippen MR) is 82.1 cm³/mol. The lowest BCUT2D eigenvalue weighted by molar-refractivity contribution is -0.159. The standard InChI is InChI=1S/C17H25NO3/c1-4-20-16(19)17(11-18,12(2)3)10-14-9-13-7-5-6-8-15(13)21-14/h5-8,12,14H,4,9-11,18H2,1-3H3. The highest BCUT2D eigenvalue weighted by atomic mass is 16.5. The number of nitrogens with two attached hydrogens (primary N) is 1. The molecule has 116 valence electrons. The Kier molecular flexibility index (Phi) is 4.88. The van der Waals surface area contributed by atoms with E-state index in [1.165, 1.54) is 5.56 Å². The first-order valence-corrected chi connectivity index (χ1v) is 7.65. The van der Waals surface area contributed by atoms with Crippen LogP contribution in [0.5, 0.6) is 5.75 Å². The molecule has 1 aromatic rings. The molecule has 0 saturated heterocycles. The van der Waals surface area contributed by atoms with Crippen LogP contribution >= 0.6 is 0 Å². The Balaban J connectivity index is 2.16. The van der Waals surface area contributed by atoms with Gasteiger partial charge in [0.1, 0.15) is 11.9 Å². The fourth-order valence-corrected chi connectivity index (χ4v) is 3.01. The topological polar surface area (TPSA) is 61.5 Å². The molecule has 2 unspecified atom stereocenters. The number of ether oxygens (including phenoxy) is 2. The minimum atomic E-state index is -0.678. The largest absolute Gasteiger partial charge is 0.490 e. The van der Waals surface area contributed by atoms with Gasteiger partial charge >= 0.3 is 5.97 Å². The number of benzene rings is 1. The summed E-state index contributed by atoms with van der Waals surface area (Å²) in [5.74, 6) is 0.817. The van der Waals surface area contributed by atoms with Crippen molar-refractivity contribution in [3.63, 3.8) is 0 Å². The van der Waals surface area contributed by atoms with E-state index in [1.807, 2.05) is 39.0 Å². The molecular formula is C17H25NO3. The average molecular weight is 291 g/mol. The minimum Gasteiger partial charge on any atom is -0.490 e. The van der Waals surface area contributed by atoms with Crippen LogP contribution in [0.15, 0.2) is 24.3 Å². The quantitative estimate of drug-likeness (QED) is 0.818. The van der Waals surface area contributed by atoms with Crippen molar-refractivity contribution in [1.29, 1.82) is 0 Å². The fourth-order valence-electron chi connectivity index (χ4n) is 3.01. The van der Waals surface area contributed by atoms with E-state index in [-0.39, 0.29) is 24.5 Å². The summed E-state index contributed by atoms with van der Waals surface area (Å²) >= 11 is 0. The molecular weight excluding hydrogens is 266 g/mol. The summed E-state index contributed by atoms with van der Waals surface area (Å²) in [4.78, 5) is 12.4. The van der Waals surface area contributed by atoms with Crippen molar-refractivity contribution >= 4 is 5.97 Å². The van der Waals surface area contributed by atoms with Gasteiger partial charge in [0.05, 0.1) is 12.0 Å². The molecule has 0 aliphatic carbocycles. The van der Waals surface area contributed by atoms with E-state index >= 15 is 0 Å². The third kappa shape index (κ3) is 3.05. The molecule has 2 rings (SSSR count). The number of fused-ring (bicyclic) bond motifs is 1. The molecule has 1 aliphatic heterocycles. The Bertz CT molecular complexity index is 476.